The fraction of sp³-hybridized carbons (Fsp3) is 0.143. The molecule has 0 saturated carbocycles. The second kappa shape index (κ2) is 5.83. The van der Waals surface area contributed by atoms with Gasteiger partial charge >= 0.3 is 0 Å². The number of benzene rings is 1. The number of aromatic nitrogens is 1. The Balaban J connectivity index is 2.14. The van der Waals surface area contributed by atoms with Crippen LogP contribution < -0.4 is 0 Å². The van der Waals surface area contributed by atoms with E-state index >= 15 is 0 Å². The van der Waals surface area contributed by atoms with Gasteiger partial charge in [-0.2, -0.15) is 0 Å². The summed E-state index contributed by atoms with van der Waals surface area (Å²) in [6, 6.07) is 12.3. The zero-order valence-corrected chi connectivity index (χ0v) is 11.7. The molecular weight excluding hydrogens is 276 g/mol. The predicted octanol–water partition coefficient (Wildman–Crippen LogP) is 1.61. The van der Waals surface area contributed by atoms with E-state index in [-0.39, 0.29) is 11.6 Å². The lowest BCUT2D eigenvalue weighted by atomic mass is 10.2. The molecule has 0 N–H and O–H groups in total. The number of nitrogens with zero attached hydrogens (tertiary/aromatic N) is 2. The second-order valence-corrected chi connectivity index (χ2v) is 6.35. The molecule has 2 aromatic rings. The van der Waals surface area contributed by atoms with Gasteiger partial charge in [0.25, 0.3) is 0 Å². The van der Waals surface area contributed by atoms with Crippen LogP contribution in [-0.2, 0) is 16.4 Å². The monoisotopic (exact) mass is 290 g/mol. The largest absolute Gasteiger partial charge is 0.624 e. The van der Waals surface area contributed by atoms with E-state index in [0.29, 0.717) is 5.56 Å². The summed E-state index contributed by atoms with van der Waals surface area (Å²) >= 11 is 0. The van der Waals surface area contributed by atoms with E-state index in [0.717, 1.165) is 16.6 Å². The van der Waals surface area contributed by atoms with Gasteiger partial charge in [0.2, 0.25) is 0 Å². The summed E-state index contributed by atoms with van der Waals surface area (Å²) in [5.41, 5.74) is 1.46. The molecule has 0 aliphatic rings. The van der Waals surface area contributed by atoms with Gasteiger partial charge < -0.3 is 5.21 Å². The van der Waals surface area contributed by atoms with Crippen LogP contribution in [0.15, 0.2) is 53.7 Å². The molecule has 0 spiro atoms. The second-order valence-electron chi connectivity index (χ2n) is 4.39. The van der Waals surface area contributed by atoms with Crippen molar-refractivity contribution in [2.24, 2.45) is 0 Å². The lowest BCUT2D eigenvalue weighted by molar-refractivity contribution is -0.469. The van der Waals surface area contributed by atoms with Gasteiger partial charge in [0, 0.05) is 18.0 Å². The number of rotatable bonds is 4. The molecule has 2 rings (SSSR count). The summed E-state index contributed by atoms with van der Waals surface area (Å²) in [4.78, 5) is 3.83. The Morgan fingerprint density at radius 3 is 2.45 bits per heavy atom. The first-order chi connectivity index (χ1) is 9.45. The van der Waals surface area contributed by atoms with Crippen LogP contribution in [0.5, 0.6) is 0 Å². The van der Waals surface area contributed by atoms with Gasteiger partial charge in [0.05, 0.1) is 5.56 Å². The van der Waals surface area contributed by atoms with Crippen LogP contribution in [0.2, 0.25) is 0 Å². The molecule has 5 nitrogen and oxygen atoms in total. The molecule has 6 heteroatoms. The number of sulfone groups is 1. The molecule has 0 saturated heterocycles. The highest BCUT2D eigenvalue weighted by molar-refractivity contribution is 7.90. The molecule has 0 radical (unpaired) electrons. The predicted molar refractivity (Wildman–Crippen MR) is 76.3 cm³/mol. The van der Waals surface area contributed by atoms with Crippen LogP contribution in [0.4, 0.5) is 0 Å². The SMILES string of the molecule is CS(=O)(=O)c1ccc(C=[N+]([O-])Cc2ccccc2)cn1. The maximum absolute atomic E-state index is 11.8. The lowest BCUT2D eigenvalue weighted by Crippen LogP contribution is -2.06. The van der Waals surface area contributed by atoms with Gasteiger partial charge in [0.1, 0.15) is 0 Å². The molecule has 0 atom stereocenters. The molecule has 104 valence electrons. The quantitative estimate of drug-likeness (QED) is 0.371. The Morgan fingerprint density at radius 2 is 1.90 bits per heavy atom. The molecular formula is C14H14N2O3S. The van der Waals surface area contributed by atoms with Gasteiger partial charge in [-0.15, -0.1) is 0 Å². The van der Waals surface area contributed by atoms with E-state index in [1.165, 1.54) is 18.5 Å². The molecule has 0 bridgehead atoms. The van der Waals surface area contributed by atoms with Crippen molar-refractivity contribution in [3.05, 3.63) is 65.0 Å². The first-order valence-corrected chi connectivity index (χ1v) is 7.83. The van der Waals surface area contributed by atoms with Crippen molar-refractivity contribution in [2.45, 2.75) is 11.6 Å². The van der Waals surface area contributed by atoms with E-state index in [4.69, 9.17) is 0 Å². The standard InChI is InChI=1S/C14H14N2O3S/c1-20(18,19)14-8-7-13(9-15-14)11-16(17)10-12-5-3-2-4-6-12/h2-9,11H,10H2,1H3. The molecule has 0 unspecified atom stereocenters. The van der Waals surface area contributed by atoms with Crippen LogP contribution >= 0.6 is 0 Å². The average molecular weight is 290 g/mol. The van der Waals surface area contributed by atoms with Crippen LogP contribution in [-0.4, -0.2) is 30.6 Å². The van der Waals surface area contributed by atoms with Crippen LogP contribution in [0.3, 0.4) is 0 Å². The van der Waals surface area contributed by atoms with Crippen molar-refractivity contribution >= 4 is 16.1 Å². The summed E-state index contributed by atoms with van der Waals surface area (Å²) in [7, 11) is -3.31. The van der Waals surface area contributed by atoms with Crippen LogP contribution in [0, 0.1) is 5.21 Å². The van der Waals surface area contributed by atoms with Gasteiger partial charge in [-0.3, -0.25) is 0 Å². The number of hydroxylamine groups is 1. The molecule has 1 aromatic carbocycles. The zero-order chi connectivity index (χ0) is 14.6. The van der Waals surface area contributed by atoms with Crippen LogP contribution in [0.1, 0.15) is 11.1 Å². The van der Waals surface area contributed by atoms with Gasteiger partial charge in [-0.1, -0.05) is 30.3 Å². The fourth-order valence-electron chi connectivity index (χ4n) is 1.66. The highest BCUT2D eigenvalue weighted by atomic mass is 32.2. The van der Waals surface area contributed by atoms with Crippen molar-refractivity contribution in [1.82, 2.24) is 4.98 Å². The maximum Gasteiger partial charge on any atom is 0.192 e. The zero-order valence-electron chi connectivity index (χ0n) is 10.9. The van der Waals surface area contributed by atoms with E-state index in [9.17, 15) is 13.6 Å². The lowest BCUT2D eigenvalue weighted by Gasteiger charge is -2.04. The fourth-order valence-corrected chi connectivity index (χ4v) is 2.22. The van der Waals surface area contributed by atoms with E-state index in [1.54, 1.807) is 6.07 Å². The summed E-state index contributed by atoms with van der Waals surface area (Å²) < 4.78 is 23.3. The third-order valence-corrected chi connectivity index (χ3v) is 3.61. The Bertz CT molecular complexity index is 708. The Morgan fingerprint density at radius 1 is 1.20 bits per heavy atom. The van der Waals surface area contributed by atoms with Gasteiger partial charge in [-0.25, -0.2) is 18.1 Å². The summed E-state index contributed by atoms with van der Waals surface area (Å²) in [5, 5.41) is 11.8. The number of hydrogen-bond acceptors (Lipinski definition) is 4. The molecule has 20 heavy (non-hydrogen) atoms. The minimum atomic E-state index is -3.31. The Hall–Kier alpha value is -2.21. The molecule has 1 heterocycles. The normalized spacial score (nSPS) is 12.3. The van der Waals surface area contributed by atoms with E-state index in [2.05, 4.69) is 4.98 Å². The first kappa shape index (κ1) is 14.2. The summed E-state index contributed by atoms with van der Waals surface area (Å²) in [5.74, 6) is 0. The molecule has 1 aromatic heterocycles. The minimum absolute atomic E-state index is 0.00448. The molecule has 0 fully saturated rings. The van der Waals surface area contributed by atoms with E-state index in [1.807, 2.05) is 30.3 Å². The van der Waals surface area contributed by atoms with Crippen molar-refractivity contribution in [2.75, 3.05) is 6.26 Å². The number of hydrogen-bond donors (Lipinski definition) is 0. The molecule has 0 aliphatic carbocycles. The van der Waals surface area contributed by atoms with Gasteiger partial charge in [0.15, 0.2) is 27.6 Å². The van der Waals surface area contributed by atoms with Crippen molar-refractivity contribution in [3.63, 3.8) is 0 Å². The van der Waals surface area contributed by atoms with Crippen LogP contribution in [0.25, 0.3) is 0 Å². The Kier molecular flexibility index (Phi) is 4.14. The van der Waals surface area contributed by atoms with Crippen molar-refractivity contribution < 1.29 is 13.2 Å². The molecule has 0 aliphatic heterocycles. The molecule has 0 amide bonds. The smallest absolute Gasteiger partial charge is 0.192 e. The Labute approximate surface area is 117 Å². The first-order valence-electron chi connectivity index (χ1n) is 5.94. The summed E-state index contributed by atoms with van der Waals surface area (Å²) in [6.07, 6.45) is 3.84. The van der Waals surface area contributed by atoms with E-state index < -0.39 is 9.84 Å². The minimum Gasteiger partial charge on any atom is -0.624 e. The topological polar surface area (TPSA) is 73.1 Å². The van der Waals surface area contributed by atoms with Crippen molar-refractivity contribution in [3.8, 4) is 0 Å². The summed E-state index contributed by atoms with van der Waals surface area (Å²) in [6.45, 7) is 0.231. The van der Waals surface area contributed by atoms with Crippen molar-refractivity contribution in [1.29, 1.82) is 0 Å². The highest BCUT2D eigenvalue weighted by Crippen LogP contribution is 2.05. The average Bonchev–Trinajstić information content (AvgIpc) is 2.39. The highest BCUT2D eigenvalue weighted by Gasteiger charge is 2.08. The third-order valence-electron chi connectivity index (χ3n) is 2.61. The van der Waals surface area contributed by atoms with Gasteiger partial charge in [-0.05, 0) is 12.1 Å². The third kappa shape index (κ3) is 3.89. The number of pyridine rings is 1. The maximum atomic E-state index is 11.8.